The average molecular weight is 355 g/mol. The SMILES string of the molecule is CC[C@@H](C)OC(=O)COc1ccc(C(=O)Nc2ccc(C)cc2C)cc1. The van der Waals surface area contributed by atoms with Crippen LogP contribution in [0.15, 0.2) is 42.5 Å². The quantitative estimate of drug-likeness (QED) is 0.753. The number of carbonyl (C=O) groups excluding carboxylic acids is 2. The number of ether oxygens (including phenoxy) is 2. The van der Waals surface area contributed by atoms with Crippen LogP contribution in [0.2, 0.25) is 0 Å². The van der Waals surface area contributed by atoms with Gasteiger partial charge in [0.1, 0.15) is 5.75 Å². The van der Waals surface area contributed by atoms with E-state index in [9.17, 15) is 9.59 Å². The third-order valence-electron chi connectivity index (χ3n) is 4.01. The minimum Gasteiger partial charge on any atom is -0.482 e. The molecule has 138 valence electrons. The first-order chi connectivity index (χ1) is 12.4. The van der Waals surface area contributed by atoms with E-state index in [2.05, 4.69) is 5.32 Å². The predicted octanol–water partition coefficient (Wildman–Crippen LogP) is 4.28. The van der Waals surface area contributed by atoms with E-state index < -0.39 is 5.97 Å². The van der Waals surface area contributed by atoms with Gasteiger partial charge >= 0.3 is 5.97 Å². The van der Waals surface area contributed by atoms with Crippen LogP contribution in [0.5, 0.6) is 5.75 Å². The van der Waals surface area contributed by atoms with Crippen molar-refractivity contribution in [3.8, 4) is 5.75 Å². The summed E-state index contributed by atoms with van der Waals surface area (Å²) in [7, 11) is 0. The first-order valence-electron chi connectivity index (χ1n) is 8.70. The Morgan fingerprint density at radius 1 is 1.08 bits per heavy atom. The molecule has 0 spiro atoms. The number of aryl methyl sites for hydroxylation is 2. The van der Waals surface area contributed by atoms with E-state index in [0.717, 1.165) is 23.2 Å². The fourth-order valence-electron chi connectivity index (χ4n) is 2.33. The summed E-state index contributed by atoms with van der Waals surface area (Å²) in [6, 6.07) is 12.5. The minimum absolute atomic E-state index is 0.123. The predicted molar refractivity (Wildman–Crippen MR) is 102 cm³/mol. The number of carbonyl (C=O) groups is 2. The molecule has 0 radical (unpaired) electrons. The molecule has 1 atom stereocenters. The lowest BCUT2D eigenvalue weighted by Crippen LogP contribution is -2.20. The summed E-state index contributed by atoms with van der Waals surface area (Å²) in [5.41, 5.74) is 3.46. The molecule has 0 unspecified atom stereocenters. The smallest absolute Gasteiger partial charge is 0.344 e. The first-order valence-corrected chi connectivity index (χ1v) is 8.70. The molecule has 0 fully saturated rings. The molecular formula is C21H25NO4. The summed E-state index contributed by atoms with van der Waals surface area (Å²) < 4.78 is 10.5. The number of benzene rings is 2. The van der Waals surface area contributed by atoms with Gasteiger partial charge in [0.2, 0.25) is 0 Å². The zero-order chi connectivity index (χ0) is 19.1. The van der Waals surface area contributed by atoms with Crippen molar-refractivity contribution in [1.82, 2.24) is 0 Å². The van der Waals surface area contributed by atoms with Crippen LogP contribution in [-0.4, -0.2) is 24.6 Å². The molecule has 2 aromatic carbocycles. The van der Waals surface area contributed by atoms with Crippen LogP contribution in [0.1, 0.15) is 41.8 Å². The second kappa shape index (κ2) is 9.04. The van der Waals surface area contributed by atoms with E-state index in [1.54, 1.807) is 24.3 Å². The highest BCUT2D eigenvalue weighted by molar-refractivity contribution is 6.04. The molecule has 2 rings (SSSR count). The molecule has 0 aliphatic rings. The van der Waals surface area contributed by atoms with Crippen molar-refractivity contribution < 1.29 is 19.1 Å². The number of nitrogens with one attached hydrogen (secondary N) is 1. The summed E-state index contributed by atoms with van der Waals surface area (Å²) in [6.07, 6.45) is 0.637. The molecule has 5 nitrogen and oxygen atoms in total. The molecule has 2 aromatic rings. The fourth-order valence-corrected chi connectivity index (χ4v) is 2.33. The third-order valence-corrected chi connectivity index (χ3v) is 4.01. The van der Waals surface area contributed by atoms with Crippen LogP contribution in [0.25, 0.3) is 0 Å². The van der Waals surface area contributed by atoms with E-state index in [1.165, 1.54) is 0 Å². The molecule has 0 aliphatic heterocycles. The minimum atomic E-state index is -0.406. The van der Waals surface area contributed by atoms with Crippen molar-refractivity contribution in [2.75, 3.05) is 11.9 Å². The molecule has 0 saturated carbocycles. The zero-order valence-electron chi connectivity index (χ0n) is 15.7. The Bertz CT molecular complexity index is 768. The van der Waals surface area contributed by atoms with Crippen molar-refractivity contribution in [1.29, 1.82) is 0 Å². The molecule has 0 aliphatic carbocycles. The third kappa shape index (κ3) is 5.62. The van der Waals surface area contributed by atoms with Gasteiger partial charge in [0.15, 0.2) is 6.61 Å². The van der Waals surface area contributed by atoms with Crippen LogP contribution >= 0.6 is 0 Å². The fraction of sp³-hybridized carbons (Fsp3) is 0.333. The number of esters is 1. The summed E-state index contributed by atoms with van der Waals surface area (Å²) in [6.45, 7) is 7.59. The van der Waals surface area contributed by atoms with Gasteiger partial charge in [0.05, 0.1) is 6.10 Å². The van der Waals surface area contributed by atoms with Crippen molar-refractivity contribution in [3.63, 3.8) is 0 Å². The number of hydrogen-bond donors (Lipinski definition) is 1. The first kappa shape index (κ1) is 19.5. The van der Waals surface area contributed by atoms with Gasteiger partial charge in [-0.05, 0) is 63.1 Å². The molecule has 5 heteroatoms. The summed E-state index contributed by atoms with van der Waals surface area (Å²) in [4.78, 5) is 24.0. The molecule has 0 heterocycles. The number of rotatable bonds is 7. The van der Waals surface area contributed by atoms with Gasteiger partial charge in [-0.2, -0.15) is 0 Å². The Labute approximate surface area is 154 Å². The summed E-state index contributed by atoms with van der Waals surface area (Å²) in [5, 5.41) is 2.90. The van der Waals surface area contributed by atoms with Gasteiger partial charge in [-0.3, -0.25) is 4.79 Å². The molecule has 1 N–H and O–H groups in total. The van der Waals surface area contributed by atoms with E-state index in [0.29, 0.717) is 11.3 Å². The molecule has 0 saturated heterocycles. The van der Waals surface area contributed by atoms with E-state index in [1.807, 2.05) is 45.9 Å². The average Bonchev–Trinajstić information content (AvgIpc) is 2.62. The van der Waals surface area contributed by atoms with E-state index in [-0.39, 0.29) is 18.6 Å². The normalized spacial score (nSPS) is 11.5. The maximum Gasteiger partial charge on any atom is 0.344 e. The lowest BCUT2D eigenvalue weighted by atomic mass is 10.1. The van der Waals surface area contributed by atoms with Gasteiger partial charge in [-0.1, -0.05) is 24.6 Å². The monoisotopic (exact) mass is 355 g/mol. The van der Waals surface area contributed by atoms with Crippen molar-refractivity contribution in [2.24, 2.45) is 0 Å². The topological polar surface area (TPSA) is 64.6 Å². The molecule has 1 amide bonds. The van der Waals surface area contributed by atoms with E-state index in [4.69, 9.17) is 9.47 Å². The zero-order valence-corrected chi connectivity index (χ0v) is 15.7. The Balaban J connectivity index is 1.92. The highest BCUT2D eigenvalue weighted by Gasteiger charge is 2.10. The molecule has 26 heavy (non-hydrogen) atoms. The van der Waals surface area contributed by atoms with Crippen LogP contribution in [-0.2, 0) is 9.53 Å². The lowest BCUT2D eigenvalue weighted by Gasteiger charge is -2.12. The Kier molecular flexibility index (Phi) is 6.78. The van der Waals surface area contributed by atoms with Crippen molar-refractivity contribution in [3.05, 3.63) is 59.2 Å². The number of amides is 1. The Morgan fingerprint density at radius 3 is 2.38 bits per heavy atom. The highest BCUT2D eigenvalue weighted by Crippen LogP contribution is 2.18. The van der Waals surface area contributed by atoms with Gasteiger partial charge in [-0.15, -0.1) is 0 Å². The van der Waals surface area contributed by atoms with Crippen molar-refractivity contribution >= 4 is 17.6 Å². The standard InChI is InChI=1S/C21H25NO4/c1-5-16(4)26-20(23)13-25-18-9-7-17(8-10-18)21(24)22-19-11-6-14(2)12-15(19)3/h6-12,16H,5,13H2,1-4H3,(H,22,24)/t16-/m1/s1. The van der Waals surface area contributed by atoms with Crippen molar-refractivity contribution in [2.45, 2.75) is 40.2 Å². The lowest BCUT2D eigenvalue weighted by molar-refractivity contribution is -0.150. The maximum absolute atomic E-state index is 12.4. The molecular weight excluding hydrogens is 330 g/mol. The van der Waals surface area contributed by atoms with Gasteiger partial charge in [0, 0.05) is 11.3 Å². The largest absolute Gasteiger partial charge is 0.482 e. The molecule has 0 aromatic heterocycles. The number of hydrogen-bond acceptors (Lipinski definition) is 4. The Morgan fingerprint density at radius 2 is 1.77 bits per heavy atom. The van der Waals surface area contributed by atoms with Crippen LogP contribution < -0.4 is 10.1 Å². The van der Waals surface area contributed by atoms with Gasteiger partial charge in [0.25, 0.3) is 5.91 Å². The maximum atomic E-state index is 12.4. The van der Waals surface area contributed by atoms with E-state index >= 15 is 0 Å². The summed E-state index contributed by atoms with van der Waals surface area (Å²) in [5.74, 6) is -0.0927. The van der Waals surface area contributed by atoms with Crippen LogP contribution in [0.4, 0.5) is 5.69 Å². The van der Waals surface area contributed by atoms with Gasteiger partial charge in [-0.25, -0.2) is 4.79 Å². The van der Waals surface area contributed by atoms with Crippen LogP contribution in [0.3, 0.4) is 0 Å². The molecule has 0 bridgehead atoms. The number of anilines is 1. The highest BCUT2D eigenvalue weighted by atomic mass is 16.6. The van der Waals surface area contributed by atoms with Gasteiger partial charge < -0.3 is 14.8 Å². The van der Waals surface area contributed by atoms with Crippen LogP contribution in [0, 0.1) is 13.8 Å². The summed E-state index contributed by atoms with van der Waals surface area (Å²) >= 11 is 0. The Hall–Kier alpha value is -2.82. The second-order valence-corrected chi connectivity index (χ2v) is 6.29. The second-order valence-electron chi connectivity index (χ2n) is 6.29.